The molecule has 17 heavy (non-hydrogen) atoms. The van der Waals surface area contributed by atoms with Gasteiger partial charge >= 0.3 is 0 Å². The lowest BCUT2D eigenvalue weighted by Gasteiger charge is -2.06. The highest BCUT2D eigenvalue weighted by molar-refractivity contribution is 9.10. The molecule has 3 heteroatoms. The van der Waals surface area contributed by atoms with E-state index in [4.69, 9.17) is 0 Å². The van der Waals surface area contributed by atoms with E-state index in [1.807, 2.05) is 19.1 Å². The third-order valence-corrected chi connectivity index (χ3v) is 3.21. The fourth-order valence-electron chi connectivity index (χ4n) is 1.62. The van der Waals surface area contributed by atoms with E-state index in [0.29, 0.717) is 11.1 Å². The van der Waals surface area contributed by atoms with E-state index in [0.717, 1.165) is 10.0 Å². The molecule has 2 aromatic carbocycles. The van der Waals surface area contributed by atoms with E-state index in [9.17, 15) is 9.90 Å². The van der Waals surface area contributed by atoms with Crippen LogP contribution in [-0.4, -0.2) is 10.9 Å². The summed E-state index contributed by atoms with van der Waals surface area (Å²) in [5, 5.41) is 9.78. The van der Waals surface area contributed by atoms with E-state index in [2.05, 4.69) is 15.9 Å². The van der Waals surface area contributed by atoms with Crippen molar-refractivity contribution >= 4 is 21.7 Å². The second-order valence-electron chi connectivity index (χ2n) is 3.83. The lowest BCUT2D eigenvalue weighted by Crippen LogP contribution is -2.02. The second-order valence-corrected chi connectivity index (χ2v) is 4.68. The quantitative estimate of drug-likeness (QED) is 0.857. The number of phenolic OH excluding ortho intramolecular Hbond substituents is 1. The van der Waals surface area contributed by atoms with Crippen LogP contribution in [-0.2, 0) is 0 Å². The number of hydrogen-bond acceptors (Lipinski definition) is 2. The zero-order chi connectivity index (χ0) is 12.4. The van der Waals surface area contributed by atoms with Gasteiger partial charge < -0.3 is 5.11 Å². The largest absolute Gasteiger partial charge is 0.507 e. The molecule has 0 amide bonds. The molecule has 0 heterocycles. The van der Waals surface area contributed by atoms with Gasteiger partial charge in [-0.25, -0.2) is 0 Å². The molecule has 0 saturated carbocycles. The van der Waals surface area contributed by atoms with E-state index in [1.165, 1.54) is 0 Å². The Labute approximate surface area is 108 Å². The van der Waals surface area contributed by atoms with Crippen LogP contribution in [0.2, 0.25) is 0 Å². The minimum absolute atomic E-state index is 0.0192. The SMILES string of the molecule is Cc1ccc(C(=O)c2ccccc2Br)c(O)c1. The Morgan fingerprint density at radius 3 is 2.47 bits per heavy atom. The van der Waals surface area contributed by atoms with Gasteiger partial charge in [0, 0.05) is 10.0 Å². The lowest BCUT2D eigenvalue weighted by atomic mass is 10.0. The summed E-state index contributed by atoms with van der Waals surface area (Å²) < 4.78 is 0.727. The average molecular weight is 291 g/mol. The van der Waals surface area contributed by atoms with Gasteiger partial charge in [-0.1, -0.05) is 34.1 Å². The summed E-state index contributed by atoms with van der Waals surface area (Å²) in [6.07, 6.45) is 0. The maximum absolute atomic E-state index is 12.2. The predicted molar refractivity (Wildman–Crippen MR) is 70.4 cm³/mol. The fourth-order valence-corrected chi connectivity index (χ4v) is 2.09. The smallest absolute Gasteiger partial charge is 0.197 e. The summed E-state index contributed by atoms with van der Waals surface area (Å²) in [6.45, 7) is 1.87. The van der Waals surface area contributed by atoms with Gasteiger partial charge in [-0.15, -0.1) is 0 Å². The Morgan fingerprint density at radius 2 is 1.82 bits per heavy atom. The van der Waals surface area contributed by atoms with Gasteiger partial charge in [0.25, 0.3) is 0 Å². The van der Waals surface area contributed by atoms with E-state index in [1.54, 1.807) is 30.3 Å². The summed E-state index contributed by atoms with van der Waals surface area (Å²) in [7, 11) is 0. The molecule has 0 saturated heterocycles. The van der Waals surface area contributed by atoms with Crippen LogP contribution in [0, 0.1) is 6.92 Å². The summed E-state index contributed by atoms with van der Waals surface area (Å²) >= 11 is 3.33. The molecule has 0 fully saturated rings. The van der Waals surface area contributed by atoms with Gasteiger partial charge in [-0.05, 0) is 36.8 Å². The molecule has 0 aromatic heterocycles. The van der Waals surface area contributed by atoms with Crippen molar-refractivity contribution in [2.75, 3.05) is 0 Å². The number of aryl methyl sites for hydroxylation is 1. The molecule has 0 aliphatic heterocycles. The minimum Gasteiger partial charge on any atom is -0.507 e. The van der Waals surface area contributed by atoms with Crippen LogP contribution in [0.15, 0.2) is 46.9 Å². The first-order valence-corrected chi connectivity index (χ1v) is 5.98. The minimum atomic E-state index is -0.185. The predicted octanol–water partition coefficient (Wildman–Crippen LogP) is 3.69. The molecule has 2 rings (SSSR count). The third kappa shape index (κ3) is 2.39. The Hall–Kier alpha value is -1.61. The molecule has 0 radical (unpaired) electrons. The van der Waals surface area contributed by atoms with Crippen molar-refractivity contribution in [3.63, 3.8) is 0 Å². The van der Waals surface area contributed by atoms with Crippen LogP contribution in [0.3, 0.4) is 0 Å². The van der Waals surface area contributed by atoms with Crippen molar-refractivity contribution in [3.8, 4) is 5.75 Å². The number of benzene rings is 2. The van der Waals surface area contributed by atoms with E-state index >= 15 is 0 Å². The highest BCUT2D eigenvalue weighted by Crippen LogP contribution is 2.25. The molecular formula is C14H11BrO2. The highest BCUT2D eigenvalue weighted by atomic mass is 79.9. The van der Waals surface area contributed by atoms with Gasteiger partial charge in [0.15, 0.2) is 5.78 Å². The van der Waals surface area contributed by atoms with Crippen molar-refractivity contribution < 1.29 is 9.90 Å². The molecule has 86 valence electrons. The summed E-state index contributed by atoms with van der Waals surface area (Å²) in [4.78, 5) is 12.2. The number of phenols is 1. The molecular weight excluding hydrogens is 280 g/mol. The van der Waals surface area contributed by atoms with Crippen molar-refractivity contribution in [1.29, 1.82) is 0 Å². The third-order valence-electron chi connectivity index (χ3n) is 2.52. The van der Waals surface area contributed by atoms with Crippen molar-refractivity contribution in [1.82, 2.24) is 0 Å². The first-order valence-electron chi connectivity index (χ1n) is 5.18. The van der Waals surface area contributed by atoms with Crippen LogP contribution in [0.4, 0.5) is 0 Å². The molecule has 0 aliphatic carbocycles. The lowest BCUT2D eigenvalue weighted by molar-refractivity contribution is 0.103. The van der Waals surface area contributed by atoms with Crippen LogP contribution in [0.1, 0.15) is 21.5 Å². The molecule has 2 aromatic rings. The van der Waals surface area contributed by atoms with E-state index < -0.39 is 0 Å². The van der Waals surface area contributed by atoms with E-state index in [-0.39, 0.29) is 11.5 Å². The maximum atomic E-state index is 12.2. The number of aromatic hydroxyl groups is 1. The van der Waals surface area contributed by atoms with Crippen LogP contribution in [0.25, 0.3) is 0 Å². The molecule has 2 nitrogen and oxygen atoms in total. The number of rotatable bonds is 2. The van der Waals surface area contributed by atoms with Crippen molar-refractivity contribution in [3.05, 3.63) is 63.6 Å². The molecule has 0 bridgehead atoms. The Bertz CT molecular complexity index is 576. The molecule has 0 atom stereocenters. The number of halogens is 1. The number of ketones is 1. The monoisotopic (exact) mass is 290 g/mol. The number of carbonyl (C=O) groups excluding carboxylic acids is 1. The van der Waals surface area contributed by atoms with Crippen LogP contribution >= 0.6 is 15.9 Å². The Kier molecular flexibility index (Phi) is 3.29. The first kappa shape index (κ1) is 11.9. The van der Waals surface area contributed by atoms with Crippen molar-refractivity contribution in [2.45, 2.75) is 6.92 Å². The normalized spacial score (nSPS) is 10.2. The van der Waals surface area contributed by atoms with Gasteiger partial charge in [0.2, 0.25) is 0 Å². The fraction of sp³-hybridized carbons (Fsp3) is 0.0714. The number of hydrogen-bond donors (Lipinski definition) is 1. The Balaban J connectivity index is 2.48. The second kappa shape index (κ2) is 4.72. The summed E-state index contributed by atoms with van der Waals surface area (Å²) in [6, 6.07) is 12.2. The maximum Gasteiger partial charge on any atom is 0.197 e. The Morgan fingerprint density at radius 1 is 1.12 bits per heavy atom. The highest BCUT2D eigenvalue weighted by Gasteiger charge is 2.15. The molecule has 0 aliphatic rings. The molecule has 0 unspecified atom stereocenters. The average Bonchev–Trinajstić information content (AvgIpc) is 2.29. The topological polar surface area (TPSA) is 37.3 Å². The zero-order valence-electron chi connectivity index (χ0n) is 9.27. The van der Waals surface area contributed by atoms with Gasteiger partial charge in [-0.2, -0.15) is 0 Å². The van der Waals surface area contributed by atoms with Gasteiger partial charge in [0.1, 0.15) is 5.75 Å². The van der Waals surface area contributed by atoms with Crippen LogP contribution < -0.4 is 0 Å². The van der Waals surface area contributed by atoms with Crippen molar-refractivity contribution in [2.24, 2.45) is 0 Å². The first-order chi connectivity index (χ1) is 8.09. The van der Waals surface area contributed by atoms with Gasteiger partial charge in [0.05, 0.1) is 5.56 Å². The summed E-state index contributed by atoms with van der Waals surface area (Å²) in [5.74, 6) is -0.166. The van der Waals surface area contributed by atoms with Crippen LogP contribution in [0.5, 0.6) is 5.75 Å². The standard InChI is InChI=1S/C14H11BrO2/c1-9-6-7-11(13(16)8-9)14(17)10-4-2-3-5-12(10)15/h2-8,16H,1H3. The molecule has 1 N–H and O–H groups in total. The molecule has 0 spiro atoms. The van der Waals surface area contributed by atoms with Gasteiger partial charge in [-0.3, -0.25) is 4.79 Å². The number of carbonyl (C=O) groups is 1. The zero-order valence-corrected chi connectivity index (χ0v) is 10.9. The summed E-state index contributed by atoms with van der Waals surface area (Å²) in [5.41, 5.74) is 1.79.